The third kappa shape index (κ3) is 7.82. The van der Waals surface area contributed by atoms with Gasteiger partial charge in [-0.2, -0.15) is 0 Å². The highest BCUT2D eigenvalue weighted by atomic mass is 16.2. The molecule has 0 aliphatic heterocycles. The molecule has 0 rings (SSSR count). The number of nitrogens with zero attached hydrogens (tertiary/aromatic N) is 1. The first-order chi connectivity index (χ1) is 5.83. The van der Waals surface area contributed by atoms with Gasteiger partial charge in [0.15, 0.2) is 0 Å². The Morgan fingerprint density at radius 1 is 1.15 bits per heavy atom. The molecule has 0 spiro atoms. The summed E-state index contributed by atoms with van der Waals surface area (Å²) in [5.74, 6) is 0.244. The Bertz CT molecular complexity index is 156. The van der Waals surface area contributed by atoms with Crippen molar-refractivity contribution in [3.63, 3.8) is 0 Å². The van der Waals surface area contributed by atoms with Crippen LogP contribution in [0.1, 0.15) is 46.5 Å². The molecule has 0 aromatic rings. The van der Waals surface area contributed by atoms with Gasteiger partial charge in [-0.25, -0.2) is 0 Å². The minimum absolute atomic E-state index is 0.244. The van der Waals surface area contributed by atoms with Crippen LogP contribution in [0.3, 0.4) is 0 Å². The number of hydrogen-bond acceptors (Lipinski definition) is 1. The van der Waals surface area contributed by atoms with Crippen molar-refractivity contribution in [1.29, 1.82) is 0 Å². The third-order valence-electron chi connectivity index (χ3n) is 2.07. The zero-order valence-corrected chi connectivity index (χ0v) is 9.68. The zero-order chi connectivity index (χ0) is 10.5. The predicted octanol–water partition coefficient (Wildman–Crippen LogP) is 2.68. The molecule has 0 saturated carbocycles. The van der Waals surface area contributed by atoms with E-state index in [0.29, 0.717) is 11.8 Å². The maximum Gasteiger partial charge on any atom is 0.222 e. The topological polar surface area (TPSA) is 20.3 Å². The Morgan fingerprint density at radius 3 is 2.08 bits per heavy atom. The van der Waals surface area contributed by atoms with Gasteiger partial charge in [0.2, 0.25) is 5.91 Å². The lowest BCUT2D eigenvalue weighted by molar-refractivity contribution is -0.128. The van der Waals surface area contributed by atoms with Crippen LogP contribution in [0.5, 0.6) is 0 Å². The number of amides is 1. The first kappa shape index (κ1) is 12.5. The maximum atomic E-state index is 11.2. The van der Waals surface area contributed by atoms with Crippen LogP contribution in [0.25, 0.3) is 0 Å². The van der Waals surface area contributed by atoms with Crippen molar-refractivity contribution in [2.75, 3.05) is 14.1 Å². The van der Waals surface area contributed by atoms with Crippen molar-refractivity contribution in [2.24, 2.45) is 5.41 Å². The second kappa shape index (κ2) is 5.25. The summed E-state index contributed by atoms with van der Waals surface area (Å²) >= 11 is 0. The smallest absolute Gasteiger partial charge is 0.222 e. The van der Waals surface area contributed by atoms with Crippen molar-refractivity contribution in [2.45, 2.75) is 46.5 Å². The Balaban J connectivity index is 3.42. The lowest BCUT2D eigenvalue weighted by Crippen LogP contribution is -2.21. The summed E-state index contributed by atoms with van der Waals surface area (Å²) in [7, 11) is 3.62. The van der Waals surface area contributed by atoms with Crippen LogP contribution in [0, 0.1) is 5.41 Å². The molecular weight excluding hydrogens is 162 g/mol. The van der Waals surface area contributed by atoms with Crippen LogP contribution in [-0.4, -0.2) is 24.9 Å². The van der Waals surface area contributed by atoms with Gasteiger partial charge in [0, 0.05) is 20.5 Å². The van der Waals surface area contributed by atoms with E-state index in [2.05, 4.69) is 20.8 Å². The van der Waals surface area contributed by atoms with Crippen LogP contribution in [0.2, 0.25) is 0 Å². The summed E-state index contributed by atoms with van der Waals surface area (Å²) in [6.45, 7) is 6.71. The van der Waals surface area contributed by atoms with Crippen LogP contribution >= 0.6 is 0 Å². The molecule has 0 heterocycles. The highest BCUT2D eigenvalue weighted by Crippen LogP contribution is 2.21. The molecule has 0 unspecified atom stereocenters. The van der Waals surface area contributed by atoms with E-state index in [1.165, 1.54) is 6.42 Å². The van der Waals surface area contributed by atoms with Gasteiger partial charge < -0.3 is 4.90 Å². The maximum absolute atomic E-state index is 11.2. The minimum Gasteiger partial charge on any atom is -0.349 e. The molecule has 78 valence electrons. The van der Waals surface area contributed by atoms with Gasteiger partial charge in [0.05, 0.1) is 0 Å². The van der Waals surface area contributed by atoms with Gasteiger partial charge in [-0.1, -0.05) is 27.2 Å². The molecule has 0 aliphatic carbocycles. The van der Waals surface area contributed by atoms with Crippen molar-refractivity contribution in [1.82, 2.24) is 4.90 Å². The van der Waals surface area contributed by atoms with Crippen LogP contribution in [0.15, 0.2) is 0 Å². The number of carbonyl (C=O) groups excluding carboxylic acids is 1. The predicted molar refractivity (Wildman–Crippen MR) is 56.6 cm³/mol. The molecule has 2 nitrogen and oxygen atoms in total. The normalized spacial score (nSPS) is 11.5. The van der Waals surface area contributed by atoms with Crippen molar-refractivity contribution in [3.8, 4) is 0 Å². The number of unbranched alkanes of at least 4 members (excludes halogenated alkanes) is 1. The molecule has 0 N–H and O–H groups in total. The van der Waals surface area contributed by atoms with Gasteiger partial charge in [0.1, 0.15) is 0 Å². The Labute approximate surface area is 82.3 Å². The Kier molecular flexibility index (Phi) is 5.04. The summed E-state index contributed by atoms with van der Waals surface area (Å²) in [6.07, 6.45) is 4.08. The van der Waals surface area contributed by atoms with E-state index in [-0.39, 0.29) is 5.91 Å². The summed E-state index contributed by atoms with van der Waals surface area (Å²) in [6, 6.07) is 0. The van der Waals surface area contributed by atoms with Crippen molar-refractivity contribution < 1.29 is 4.79 Å². The molecule has 0 fully saturated rings. The molecule has 0 aromatic carbocycles. The van der Waals surface area contributed by atoms with E-state index >= 15 is 0 Å². The summed E-state index contributed by atoms with van der Waals surface area (Å²) in [5.41, 5.74) is 0.404. The van der Waals surface area contributed by atoms with Crippen LogP contribution in [-0.2, 0) is 4.79 Å². The van der Waals surface area contributed by atoms with E-state index in [9.17, 15) is 4.79 Å². The molecule has 0 radical (unpaired) electrons. The molecular formula is C11H23NO. The molecule has 13 heavy (non-hydrogen) atoms. The zero-order valence-electron chi connectivity index (χ0n) is 9.68. The first-order valence-electron chi connectivity index (χ1n) is 5.03. The molecule has 2 heteroatoms. The first-order valence-corrected chi connectivity index (χ1v) is 5.03. The second-order valence-corrected chi connectivity index (χ2v) is 5.06. The van der Waals surface area contributed by atoms with E-state index in [1.807, 2.05) is 14.1 Å². The lowest BCUT2D eigenvalue weighted by atomic mass is 9.89. The second-order valence-electron chi connectivity index (χ2n) is 5.06. The van der Waals surface area contributed by atoms with E-state index < -0.39 is 0 Å². The largest absolute Gasteiger partial charge is 0.349 e. The highest BCUT2D eigenvalue weighted by molar-refractivity contribution is 5.75. The monoisotopic (exact) mass is 185 g/mol. The summed E-state index contributed by atoms with van der Waals surface area (Å²) in [5, 5.41) is 0. The average molecular weight is 185 g/mol. The fraction of sp³-hybridized carbons (Fsp3) is 0.909. The molecule has 0 atom stereocenters. The van der Waals surface area contributed by atoms with Crippen molar-refractivity contribution >= 4 is 5.91 Å². The van der Waals surface area contributed by atoms with Crippen LogP contribution in [0.4, 0.5) is 0 Å². The number of rotatable bonds is 4. The lowest BCUT2D eigenvalue weighted by Gasteiger charge is -2.17. The molecule has 1 amide bonds. The number of hydrogen-bond donors (Lipinski definition) is 0. The summed E-state index contributed by atoms with van der Waals surface area (Å²) < 4.78 is 0. The van der Waals surface area contributed by atoms with Gasteiger partial charge in [0.25, 0.3) is 0 Å². The molecule has 0 saturated heterocycles. The highest BCUT2D eigenvalue weighted by Gasteiger charge is 2.10. The van der Waals surface area contributed by atoms with Gasteiger partial charge in [-0.05, 0) is 18.3 Å². The van der Waals surface area contributed by atoms with E-state index in [0.717, 1.165) is 12.8 Å². The quantitative estimate of drug-likeness (QED) is 0.617. The summed E-state index contributed by atoms with van der Waals surface area (Å²) in [4.78, 5) is 12.9. The van der Waals surface area contributed by atoms with Crippen molar-refractivity contribution in [3.05, 3.63) is 0 Å². The van der Waals surface area contributed by atoms with Gasteiger partial charge >= 0.3 is 0 Å². The molecule has 0 aliphatic rings. The van der Waals surface area contributed by atoms with Gasteiger partial charge in [-0.15, -0.1) is 0 Å². The standard InChI is InChI=1S/C11H23NO/c1-11(2,3)9-7-6-8-10(13)12(4)5/h6-9H2,1-5H3. The van der Waals surface area contributed by atoms with E-state index in [1.54, 1.807) is 4.90 Å². The molecule has 0 bridgehead atoms. The average Bonchev–Trinajstić information content (AvgIpc) is 1.95. The fourth-order valence-corrected chi connectivity index (χ4v) is 1.16. The van der Waals surface area contributed by atoms with Gasteiger partial charge in [-0.3, -0.25) is 4.79 Å². The fourth-order valence-electron chi connectivity index (χ4n) is 1.16. The Hall–Kier alpha value is -0.530. The van der Waals surface area contributed by atoms with Crippen LogP contribution < -0.4 is 0 Å². The number of carbonyl (C=O) groups is 1. The minimum atomic E-state index is 0.244. The molecule has 0 aromatic heterocycles. The Morgan fingerprint density at radius 2 is 1.69 bits per heavy atom. The third-order valence-corrected chi connectivity index (χ3v) is 2.07. The SMILES string of the molecule is CN(C)C(=O)CCCCC(C)(C)C. The van der Waals surface area contributed by atoms with E-state index in [4.69, 9.17) is 0 Å².